The van der Waals surface area contributed by atoms with Crippen LogP contribution in [0.4, 0.5) is 0 Å². The van der Waals surface area contributed by atoms with Crippen LogP contribution in [0, 0.1) is 0 Å². The van der Waals surface area contributed by atoms with E-state index in [0.717, 1.165) is 5.06 Å². The molecule has 1 radical (unpaired) electrons. The Morgan fingerprint density at radius 2 is 1.38 bits per heavy atom. The number of nitrogens with zero attached hydrogens (tertiary/aromatic N) is 1. The number of hydrogen-bond donors (Lipinski definition) is 0. The van der Waals surface area contributed by atoms with E-state index in [1.807, 2.05) is 13.8 Å². The van der Waals surface area contributed by atoms with Crippen molar-refractivity contribution >= 4 is 11.8 Å². The molecule has 0 unspecified atom stereocenters. The summed E-state index contributed by atoms with van der Waals surface area (Å²) in [7, 11) is 1.29. The molecule has 1 aromatic carbocycles. The van der Waals surface area contributed by atoms with E-state index in [4.69, 9.17) is 0 Å². The maximum atomic E-state index is 11.4. The van der Waals surface area contributed by atoms with Gasteiger partial charge in [-0.05, 0) is 12.1 Å². The molecule has 1 aromatic rings. The van der Waals surface area contributed by atoms with Gasteiger partial charge in [0.2, 0.25) is 0 Å². The second kappa shape index (κ2) is 6.48. The topological polar surface area (TPSA) is 46.6 Å². The molecule has 85 valence electrons. The number of hydroxylamine groups is 2. The van der Waals surface area contributed by atoms with Gasteiger partial charge in [-0.15, -0.1) is 5.06 Å². The van der Waals surface area contributed by atoms with E-state index in [2.05, 4.69) is 4.84 Å². The molecule has 5 heteroatoms. The summed E-state index contributed by atoms with van der Waals surface area (Å²) >= 11 is 0. The van der Waals surface area contributed by atoms with Crippen LogP contribution in [-0.2, 0) is 23.4 Å². The number of fused-ring (bicyclic) bond motifs is 1. The Morgan fingerprint density at radius 1 is 1.00 bits per heavy atom. The Bertz CT molecular complexity index is 358. The minimum Gasteiger partial charge on any atom is -0.266 e. The zero-order valence-corrected chi connectivity index (χ0v) is 10.8. The summed E-state index contributed by atoms with van der Waals surface area (Å²) in [6.07, 6.45) is 0. The van der Waals surface area contributed by atoms with Crippen LogP contribution in [0.2, 0.25) is 0 Å². The average Bonchev–Trinajstić information content (AvgIpc) is 2.55. The normalized spacial score (nSPS) is 12.6. The SMILES string of the molecule is CC.CON1C(=O)c2ccccc2C1=O.[V]. The molecule has 0 aliphatic carbocycles. The second-order valence-electron chi connectivity index (χ2n) is 2.63. The Labute approximate surface area is 106 Å². The van der Waals surface area contributed by atoms with Crippen LogP contribution in [0.3, 0.4) is 0 Å². The Balaban J connectivity index is 0.000000711. The van der Waals surface area contributed by atoms with E-state index in [1.54, 1.807) is 24.3 Å². The number of hydrogen-bond acceptors (Lipinski definition) is 3. The molecule has 0 N–H and O–H groups in total. The van der Waals surface area contributed by atoms with Crippen molar-refractivity contribution in [2.45, 2.75) is 13.8 Å². The zero-order chi connectivity index (χ0) is 11.4. The maximum Gasteiger partial charge on any atom is 0.285 e. The molecule has 2 amide bonds. The molecule has 0 aromatic heterocycles. The van der Waals surface area contributed by atoms with Crippen LogP contribution in [0.15, 0.2) is 24.3 Å². The number of carbonyl (C=O) groups is 2. The van der Waals surface area contributed by atoms with Gasteiger partial charge in [-0.3, -0.25) is 14.4 Å². The molecule has 0 spiro atoms. The Hall–Kier alpha value is -1.10. The van der Waals surface area contributed by atoms with Gasteiger partial charge in [0.05, 0.1) is 18.2 Å². The minimum atomic E-state index is -0.400. The Morgan fingerprint density at radius 3 is 1.69 bits per heavy atom. The summed E-state index contributed by atoms with van der Waals surface area (Å²) in [5.74, 6) is -0.800. The smallest absolute Gasteiger partial charge is 0.266 e. The maximum absolute atomic E-state index is 11.4. The molecule has 2 rings (SSSR count). The number of imide groups is 1. The van der Waals surface area contributed by atoms with Crippen molar-refractivity contribution in [1.29, 1.82) is 0 Å². The van der Waals surface area contributed by atoms with Crippen LogP contribution >= 0.6 is 0 Å². The largest absolute Gasteiger partial charge is 0.285 e. The first-order valence-corrected chi connectivity index (χ1v) is 4.77. The van der Waals surface area contributed by atoms with Crippen molar-refractivity contribution in [3.05, 3.63) is 35.4 Å². The number of amides is 2. The van der Waals surface area contributed by atoms with Crippen LogP contribution in [-0.4, -0.2) is 24.0 Å². The molecule has 1 aliphatic heterocycles. The number of rotatable bonds is 1. The third kappa shape index (κ3) is 2.35. The van der Waals surface area contributed by atoms with Gasteiger partial charge >= 0.3 is 0 Å². The summed E-state index contributed by atoms with van der Waals surface area (Å²) < 4.78 is 0. The van der Waals surface area contributed by atoms with Gasteiger partial charge in [0, 0.05) is 18.6 Å². The fraction of sp³-hybridized carbons (Fsp3) is 0.273. The fourth-order valence-corrected chi connectivity index (χ4v) is 1.33. The van der Waals surface area contributed by atoms with Gasteiger partial charge in [0.15, 0.2) is 0 Å². The van der Waals surface area contributed by atoms with Crippen molar-refractivity contribution < 1.29 is 33.0 Å². The number of carbonyl (C=O) groups excluding carboxylic acids is 2. The summed E-state index contributed by atoms with van der Waals surface area (Å²) in [4.78, 5) is 27.5. The van der Waals surface area contributed by atoms with Crippen molar-refractivity contribution in [3.63, 3.8) is 0 Å². The van der Waals surface area contributed by atoms with Gasteiger partial charge in [0.1, 0.15) is 0 Å². The van der Waals surface area contributed by atoms with Gasteiger partial charge in [-0.2, -0.15) is 0 Å². The first-order chi connectivity index (χ1) is 7.25. The molecule has 0 saturated heterocycles. The van der Waals surface area contributed by atoms with E-state index in [-0.39, 0.29) is 18.6 Å². The number of benzene rings is 1. The van der Waals surface area contributed by atoms with Gasteiger partial charge in [-0.1, -0.05) is 26.0 Å². The monoisotopic (exact) mass is 258 g/mol. The molecular formula is C11H13NO3V. The summed E-state index contributed by atoms with van der Waals surface area (Å²) in [5, 5.41) is 0.755. The summed E-state index contributed by atoms with van der Waals surface area (Å²) in [6, 6.07) is 6.63. The molecule has 1 aliphatic rings. The second-order valence-corrected chi connectivity index (χ2v) is 2.63. The van der Waals surface area contributed by atoms with Crippen molar-refractivity contribution in [1.82, 2.24) is 5.06 Å². The first-order valence-electron chi connectivity index (χ1n) is 4.77. The fourth-order valence-electron chi connectivity index (χ4n) is 1.33. The molecule has 0 saturated carbocycles. The van der Waals surface area contributed by atoms with E-state index in [9.17, 15) is 9.59 Å². The molecule has 0 bridgehead atoms. The quantitative estimate of drug-likeness (QED) is 0.722. The van der Waals surface area contributed by atoms with E-state index in [0.29, 0.717) is 11.1 Å². The molecule has 0 fully saturated rings. The zero-order valence-electron chi connectivity index (χ0n) is 9.43. The van der Waals surface area contributed by atoms with Gasteiger partial charge < -0.3 is 0 Å². The Kier molecular flexibility index (Phi) is 6.04. The van der Waals surface area contributed by atoms with Crippen LogP contribution in [0.25, 0.3) is 0 Å². The van der Waals surface area contributed by atoms with Crippen molar-refractivity contribution in [2.75, 3.05) is 7.11 Å². The molecule has 4 nitrogen and oxygen atoms in total. The minimum absolute atomic E-state index is 0. The third-order valence-electron chi connectivity index (χ3n) is 1.94. The van der Waals surface area contributed by atoms with Gasteiger partial charge in [0.25, 0.3) is 11.8 Å². The van der Waals surface area contributed by atoms with Crippen molar-refractivity contribution in [2.24, 2.45) is 0 Å². The van der Waals surface area contributed by atoms with E-state index < -0.39 is 11.8 Å². The van der Waals surface area contributed by atoms with Crippen LogP contribution in [0.1, 0.15) is 34.6 Å². The van der Waals surface area contributed by atoms with Crippen molar-refractivity contribution in [3.8, 4) is 0 Å². The summed E-state index contributed by atoms with van der Waals surface area (Å²) in [5.41, 5.74) is 0.795. The van der Waals surface area contributed by atoms with Crippen LogP contribution in [0.5, 0.6) is 0 Å². The predicted octanol–water partition coefficient (Wildman–Crippen LogP) is 1.87. The molecule has 0 atom stereocenters. The van der Waals surface area contributed by atoms with E-state index in [1.165, 1.54) is 7.11 Å². The average molecular weight is 258 g/mol. The van der Waals surface area contributed by atoms with Crippen LogP contribution < -0.4 is 0 Å². The molecule has 16 heavy (non-hydrogen) atoms. The predicted molar refractivity (Wildman–Crippen MR) is 55.3 cm³/mol. The third-order valence-corrected chi connectivity index (χ3v) is 1.94. The van der Waals surface area contributed by atoms with E-state index >= 15 is 0 Å². The first kappa shape index (κ1) is 14.9. The molecule has 1 heterocycles. The standard InChI is InChI=1S/C9H7NO3.C2H6.V/c1-13-10-8(11)6-4-2-3-5-7(6)9(10)12;1-2;/h2-5H,1H3;1-2H3;. The van der Waals surface area contributed by atoms with Gasteiger partial charge in [-0.25, -0.2) is 0 Å². The molecular weight excluding hydrogens is 245 g/mol. The summed E-state index contributed by atoms with van der Waals surface area (Å²) in [6.45, 7) is 4.00.